The van der Waals surface area contributed by atoms with Gasteiger partial charge in [0, 0.05) is 30.8 Å². The molecule has 0 aliphatic carbocycles. The van der Waals surface area contributed by atoms with Crippen LogP contribution in [0.15, 0.2) is 15.0 Å². The number of rotatable bonds is 5. The fraction of sp³-hybridized carbons (Fsp3) is 0.667. The molecule has 4 atom stereocenters. The summed E-state index contributed by atoms with van der Waals surface area (Å²) in [4.78, 5) is 19.4. The largest absolute Gasteiger partial charge is 0.466 e. The highest BCUT2D eigenvalue weighted by atomic mass is 16.5. The van der Waals surface area contributed by atoms with E-state index in [4.69, 9.17) is 13.7 Å². The third kappa shape index (κ3) is 2.96. The molecule has 0 saturated carbocycles. The van der Waals surface area contributed by atoms with Gasteiger partial charge in [0.25, 0.3) is 11.9 Å². The molecule has 2 aromatic rings. The van der Waals surface area contributed by atoms with E-state index in [-0.39, 0.29) is 23.5 Å². The number of ether oxygens (including phenoxy) is 1. The van der Waals surface area contributed by atoms with Gasteiger partial charge in [-0.05, 0) is 37.9 Å². The first kappa shape index (κ1) is 18.7. The van der Waals surface area contributed by atoms with Crippen LogP contribution in [0.1, 0.15) is 60.4 Å². The van der Waals surface area contributed by atoms with E-state index in [2.05, 4.69) is 20.4 Å². The summed E-state index contributed by atoms with van der Waals surface area (Å²) in [5, 5.41) is 7.30. The van der Waals surface area contributed by atoms with Crippen molar-refractivity contribution in [3.63, 3.8) is 0 Å². The summed E-state index contributed by atoms with van der Waals surface area (Å²) in [6.07, 6.45) is 2.31. The number of carbonyl (C=O) groups excluding carboxylic acids is 1. The number of aryl methyl sites for hydroxylation is 2. The minimum absolute atomic E-state index is 0.0780. The van der Waals surface area contributed by atoms with E-state index in [0.29, 0.717) is 41.5 Å². The Labute approximate surface area is 170 Å². The lowest BCUT2D eigenvalue weighted by Gasteiger charge is -2.29. The van der Waals surface area contributed by atoms with E-state index < -0.39 is 0 Å². The molecule has 3 aliphatic rings. The van der Waals surface area contributed by atoms with Crippen molar-refractivity contribution >= 4 is 11.9 Å². The number of nitrogens with zero attached hydrogens (tertiary/aromatic N) is 3. The first-order valence-electron chi connectivity index (χ1n) is 10.5. The van der Waals surface area contributed by atoms with Gasteiger partial charge in [0.05, 0.1) is 23.8 Å². The highest BCUT2D eigenvalue weighted by Crippen LogP contribution is 2.55. The Hall–Kier alpha value is -2.35. The van der Waals surface area contributed by atoms with Gasteiger partial charge in [-0.2, -0.15) is 4.98 Å². The van der Waals surface area contributed by atoms with E-state index in [0.717, 1.165) is 31.7 Å². The summed E-state index contributed by atoms with van der Waals surface area (Å²) >= 11 is 0. The van der Waals surface area contributed by atoms with Crippen LogP contribution in [0.2, 0.25) is 0 Å². The Bertz CT molecular complexity index is 935. The Morgan fingerprint density at radius 2 is 2.24 bits per heavy atom. The quantitative estimate of drug-likeness (QED) is 0.825. The topological polar surface area (TPSA) is 93.6 Å². The van der Waals surface area contributed by atoms with Crippen LogP contribution < -0.4 is 10.2 Å². The lowest BCUT2D eigenvalue weighted by Crippen LogP contribution is -2.41. The number of anilines is 1. The Kier molecular flexibility index (Phi) is 4.24. The van der Waals surface area contributed by atoms with Gasteiger partial charge in [-0.15, -0.1) is 0 Å². The summed E-state index contributed by atoms with van der Waals surface area (Å²) in [7, 11) is 0. The predicted molar refractivity (Wildman–Crippen MR) is 105 cm³/mol. The number of aromatic nitrogens is 2. The maximum absolute atomic E-state index is 12.6. The fourth-order valence-corrected chi connectivity index (χ4v) is 5.37. The first-order valence-corrected chi connectivity index (χ1v) is 10.5. The summed E-state index contributed by atoms with van der Waals surface area (Å²) in [5.41, 5.74) is 0.461. The van der Waals surface area contributed by atoms with Crippen molar-refractivity contribution in [2.24, 2.45) is 11.8 Å². The molecule has 1 spiro atoms. The Morgan fingerprint density at radius 3 is 2.93 bits per heavy atom. The van der Waals surface area contributed by atoms with Crippen LogP contribution in [0.4, 0.5) is 5.95 Å². The molecule has 3 aliphatic heterocycles. The molecule has 29 heavy (non-hydrogen) atoms. The smallest absolute Gasteiger partial charge is 0.266 e. The molecule has 0 radical (unpaired) electrons. The van der Waals surface area contributed by atoms with E-state index in [1.165, 1.54) is 0 Å². The SMILES string of the molecule is Cc1cc(C(=O)NC[C@H]2[C@H]3CN(c4noc(C(C)C)n4)C[C@]34CC[C@H]2O4)c(C)o1. The molecule has 2 bridgehead atoms. The van der Waals surface area contributed by atoms with Crippen LogP contribution in [0, 0.1) is 25.7 Å². The number of fused-ring (bicyclic) bond motifs is 1. The number of carbonyl (C=O) groups is 1. The Balaban J connectivity index is 1.29. The van der Waals surface area contributed by atoms with E-state index in [1.54, 1.807) is 6.07 Å². The van der Waals surface area contributed by atoms with Crippen LogP contribution in [0.25, 0.3) is 0 Å². The summed E-state index contributed by atoms with van der Waals surface area (Å²) in [6.45, 7) is 9.99. The van der Waals surface area contributed by atoms with E-state index in [1.807, 2.05) is 27.7 Å². The molecule has 1 N–H and O–H groups in total. The van der Waals surface area contributed by atoms with Gasteiger partial charge in [-0.3, -0.25) is 4.79 Å². The summed E-state index contributed by atoms with van der Waals surface area (Å²) in [5.74, 6) is 3.50. The monoisotopic (exact) mass is 400 g/mol. The minimum atomic E-state index is -0.152. The molecular weight excluding hydrogens is 372 g/mol. The molecule has 3 fully saturated rings. The van der Waals surface area contributed by atoms with Gasteiger partial charge in [0.15, 0.2) is 0 Å². The molecule has 1 amide bonds. The van der Waals surface area contributed by atoms with Gasteiger partial charge >= 0.3 is 0 Å². The summed E-state index contributed by atoms with van der Waals surface area (Å²) in [6, 6.07) is 1.79. The number of furan rings is 1. The van der Waals surface area contributed by atoms with Crippen molar-refractivity contribution in [2.45, 2.75) is 58.2 Å². The van der Waals surface area contributed by atoms with Crippen molar-refractivity contribution in [3.8, 4) is 0 Å². The first-order chi connectivity index (χ1) is 13.9. The zero-order valence-corrected chi connectivity index (χ0v) is 17.4. The second-order valence-electron chi connectivity index (χ2n) is 9.03. The third-order valence-electron chi connectivity index (χ3n) is 6.78. The number of nitrogens with one attached hydrogen (secondary N) is 1. The molecule has 2 aromatic heterocycles. The Morgan fingerprint density at radius 1 is 1.41 bits per heavy atom. The highest BCUT2D eigenvalue weighted by Gasteiger charge is 2.63. The van der Waals surface area contributed by atoms with Gasteiger partial charge < -0.3 is 23.9 Å². The predicted octanol–water partition coefficient (Wildman–Crippen LogP) is 2.82. The van der Waals surface area contributed by atoms with Crippen molar-refractivity contribution in [2.75, 3.05) is 24.5 Å². The zero-order chi connectivity index (χ0) is 20.3. The number of amides is 1. The molecule has 5 heterocycles. The molecule has 0 unspecified atom stereocenters. The maximum atomic E-state index is 12.6. The van der Waals surface area contributed by atoms with Gasteiger partial charge in [-0.25, -0.2) is 0 Å². The molecule has 5 rings (SSSR count). The van der Waals surface area contributed by atoms with Crippen molar-refractivity contribution in [1.29, 1.82) is 0 Å². The molecular formula is C21H28N4O4. The zero-order valence-electron chi connectivity index (χ0n) is 17.4. The number of hydrogen-bond acceptors (Lipinski definition) is 7. The third-order valence-corrected chi connectivity index (χ3v) is 6.78. The second-order valence-corrected chi connectivity index (χ2v) is 9.03. The van der Waals surface area contributed by atoms with Gasteiger partial charge in [0.2, 0.25) is 5.89 Å². The molecule has 156 valence electrons. The van der Waals surface area contributed by atoms with Gasteiger partial charge in [-0.1, -0.05) is 13.8 Å². The van der Waals surface area contributed by atoms with Gasteiger partial charge in [0.1, 0.15) is 11.5 Å². The summed E-state index contributed by atoms with van der Waals surface area (Å²) < 4.78 is 17.4. The molecule has 8 nitrogen and oxygen atoms in total. The molecule has 0 aromatic carbocycles. The van der Waals surface area contributed by atoms with Crippen molar-refractivity contribution in [1.82, 2.24) is 15.5 Å². The lowest BCUT2D eigenvalue weighted by molar-refractivity contribution is 0.0141. The van der Waals surface area contributed by atoms with Crippen LogP contribution >= 0.6 is 0 Å². The maximum Gasteiger partial charge on any atom is 0.266 e. The molecule has 3 saturated heterocycles. The van der Waals surface area contributed by atoms with Crippen LogP contribution in [0.3, 0.4) is 0 Å². The second kappa shape index (κ2) is 6.58. The van der Waals surface area contributed by atoms with E-state index in [9.17, 15) is 4.79 Å². The van der Waals surface area contributed by atoms with Crippen LogP contribution in [0.5, 0.6) is 0 Å². The fourth-order valence-electron chi connectivity index (χ4n) is 5.37. The molecule has 8 heteroatoms. The van der Waals surface area contributed by atoms with Crippen molar-refractivity contribution in [3.05, 3.63) is 29.0 Å². The average molecular weight is 400 g/mol. The minimum Gasteiger partial charge on any atom is -0.466 e. The standard InChI is InChI=1S/C21H28N4O4/c1-11(2)19-23-20(24-29-19)25-9-16-15(17-5-6-21(16,10-25)28-17)8-22-18(26)14-7-12(3)27-13(14)4/h7,11,15-17H,5-6,8-10H2,1-4H3,(H,22,26)/t15-,16+,17+,21+/m0/s1. The highest BCUT2D eigenvalue weighted by molar-refractivity contribution is 5.95. The normalized spacial score (nSPS) is 30.4. The average Bonchev–Trinajstić information content (AvgIpc) is 3.45. The van der Waals surface area contributed by atoms with Crippen LogP contribution in [-0.4, -0.2) is 47.4 Å². The lowest BCUT2D eigenvalue weighted by atomic mass is 9.73. The van der Waals surface area contributed by atoms with Crippen LogP contribution in [-0.2, 0) is 4.74 Å². The van der Waals surface area contributed by atoms with E-state index >= 15 is 0 Å². The number of hydrogen-bond donors (Lipinski definition) is 1. The van der Waals surface area contributed by atoms with Crippen molar-refractivity contribution < 1.29 is 18.5 Å².